The molecule has 1 aromatic rings. The van der Waals surface area contributed by atoms with E-state index in [2.05, 4.69) is 6.92 Å². The van der Waals surface area contributed by atoms with E-state index < -0.39 is 11.9 Å². The number of ether oxygens (including phenoxy) is 1. The third-order valence-corrected chi connectivity index (χ3v) is 4.09. The molecular weight excluding hydrogens is 270 g/mol. The number of carboxylic acids is 1. The Balaban J connectivity index is 1.88. The van der Waals surface area contributed by atoms with Crippen molar-refractivity contribution in [1.82, 2.24) is 4.90 Å². The van der Waals surface area contributed by atoms with Crippen LogP contribution in [0.25, 0.3) is 0 Å². The maximum atomic E-state index is 12.1. The Labute approximate surface area is 124 Å². The number of rotatable bonds is 5. The predicted octanol–water partition coefficient (Wildman–Crippen LogP) is 1.95. The molecule has 2 rings (SSSR count). The molecule has 2 atom stereocenters. The Kier molecular flexibility index (Phi) is 4.83. The van der Waals surface area contributed by atoms with E-state index in [0.717, 1.165) is 6.42 Å². The molecule has 0 spiro atoms. The topological polar surface area (TPSA) is 66.8 Å². The summed E-state index contributed by atoms with van der Waals surface area (Å²) < 4.78 is 5.49. The van der Waals surface area contributed by atoms with E-state index in [1.54, 1.807) is 11.8 Å². The zero-order valence-electron chi connectivity index (χ0n) is 12.4. The van der Waals surface area contributed by atoms with Crippen LogP contribution < -0.4 is 4.74 Å². The van der Waals surface area contributed by atoms with Gasteiger partial charge in [-0.2, -0.15) is 0 Å². The summed E-state index contributed by atoms with van der Waals surface area (Å²) in [5.41, 5.74) is 1.21. The highest BCUT2D eigenvalue weighted by Crippen LogP contribution is 2.24. The van der Waals surface area contributed by atoms with Crippen molar-refractivity contribution in [3.8, 4) is 5.75 Å². The van der Waals surface area contributed by atoms with Gasteiger partial charge in [0.1, 0.15) is 5.75 Å². The first-order chi connectivity index (χ1) is 10.0. The van der Waals surface area contributed by atoms with E-state index in [-0.39, 0.29) is 18.6 Å². The summed E-state index contributed by atoms with van der Waals surface area (Å²) in [6.07, 6.45) is 1.47. The Hall–Kier alpha value is -2.04. The number of hydrogen-bond acceptors (Lipinski definition) is 3. The van der Waals surface area contributed by atoms with Gasteiger partial charge in [-0.25, -0.2) is 0 Å². The van der Waals surface area contributed by atoms with Crippen molar-refractivity contribution in [3.63, 3.8) is 0 Å². The quantitative estimate of drug-likeness (QED) is 0.900. The van der Waals surface area contributed by atoms with Crippen LogP contribution in [0.4, 0.5) is 0 Å². The smallest absolute Gasteiger partial charge is 0.308 e. The van der Waals surface area contributed by atoms with Crippen LogP contribution in [0.15, 0.2) is 24.3 Å². The van der Waals surface area contributed by atoms with Crippen molar-refractivity contribution < 1.29 is 19.4 Å². The van der Waals surface area contributed by atoms with E-state index in [1.807, 2.05) is 24.3 Å². The minimum atomic E-state index is -0.839. The number of amides is 1. The maximum Gasteiger partial charge on any atom is 0.308 e. The monoisotopic (exact) mass is 291 g/mol. The van der Waals surface area contributed by atoms with Gasteiger partial charge in [0, 0.05) is 12.6 Å². The molecule has 114 valence electrons. The molecule has 1 saturated heterocycles. The van der Waals surface area contributed by atoms with Gasteiger partial charge in [0.2, 0.25) is 0 Å². The molecule has 5 nitrogen and oxygen atoms in total. The zero-order chi connectivity index (χ0) is 15.4. The average Bonchev–Trinajstić information content (AvgIpc) is 2.87. The molecule has 1 amide bonds. The van der Waals surface area contributed by atoms with E-state index in [4.69, 9.17) is 9.84 Å². The highest BCUT2D eigenvalue weighted by Gasteiger charge is 2.38. The lowest BCUT2D eigenvalue weighted by Gasteiger charge is -2.23. The number of benzene rings is 1. The summed E-state index contributed by atoms with van der Waals surface area (Å²) in [6.45, 7) is 4.28. The summed E-state index contributed by atoms with van der Waals surface area (Å²) >= 11 is 0. The SMILES string of the molecule is CCc1ccc(OCC(=O)N2CCC(C(=O)O)C2C)cc1. The Morgan fingerprint density at radius 1 is 1.33 bits per heavy atom. The number of carboxylic acid groups (broad SMARTS) is 1. The number of aliphatic carboxylic acids is 1. The molecular formula is C16H21NO4. The van der Waals surface area contributed by atoms with E-state index in [1.165, 1.54) is 5.56 Å². The Morgan fingerprint density at radius 2 is 2.00 bits per heavy atom. The van der Waals surface area contributed by atoms with Gasteiger partial charge >= 0.3 is 5.97 Å². The maximum absolute atomic E-state index is 12.1. The number of carbonyl (C=O) groups excluding carboxylic acids is 1. The standard InChI is InChI=1S/C16H21NO4/c1-3-12-4-6-13(7-5-12)21-10-15(18)17-9-8-14(11(17)2)16(19)20/h4-7,11,14H,3,8-10H2,1-2H3,(H,19,20). The molecule has 1 N–H and O–H groups in total. The van der Waals surface area contributed by atoms with Gasteiger partial charge in [-0.15, -0.1) is 0 Å². The normalized spacial score (nSPS) is 21.3. The number of carbonyl (C=O) groups is 2. The molecule has 0 bridgehead atoms. The van der Waals surface area contributed by atoms with Crippen LogP contribution in [0.1, 0.15) is 25.8 Å². The van der Waals surface area contributed by atoms with Crippen molar-refractivity contribution >= 4 is 11.9 Å². The second kappa shape index (κ2) is 6.61. The first-order valence-corrected chi connectivity index (χ1v) is 7.27. The summed E-state index contributed by atoms with van der Waals surface area (Å²) in [5, 5.41) is 9.07. The number of nitrogens with zero attached hydrogens (tertiary/aromatic N) is 1. The average molecular weight is 291 g/mol. The summed E-state index contributed by atoms with van der Waals surface area (Å²) in [6, 6.07) is 7.36. The van der Waals surface area contributed by atoms with Crippen LogP contribution in [0.2, 0.25) is 0 Å². The minimum Gasteiger partial charge on any atom is -0.484 e. The van der Waals surface area contributed by atoms with Gasteiger partial charge in [-0.05, 0) is 37.5 Å². The summed E-state index contributed by atoms with van der Waals surface area (Å²) in [7, 11) is 0. The molecule has 21 heavy (non-hydrogen) atoms. The van der Waals surface area contributed by atoms with Crippen molar-refractivity contribution in [3.05, 3.63) is 29.8 Å². The van der Waals surface area contributed by atoms with Crippen LogP contribution in [-0.4, -0.2) is 41.1 Å². The lowest BCUT2D eigenvalue weighted by molar-refractivity contribution is -0.143. The first kappa shape index (κ1) is 15.4. The summed E-state index contributed by atoms with van der Waals surface area (Å²) in [5.74, 6) is -0.820. The molecule has 1 aliphatic rings. The fourth-order valence-corrected chi connectivity index (χ4v) is 2.67. The van der Waals surface area contributed by atoms with Gasteiger partial charge in [0.15, 0.2) is 6.61 Å². The molecule has 0 aliphatic carbocycles. The Morgan fingerprint density at radius 3 is 2.52 bits per heavy atom. The fourth-order valence-electron chi connectivity index (χ4n) is 2.67. The van der Waals surface area contributed by atoms with Gasteiger partial charge in [0.05, 0.1) is 5.92 Å². The van der Waals surface area contributed by atoms with Crippen LogP contribution in [-0.2, 0) is 16.0 Å². The van der Waals surface area contributed by atoms with E-state index >= 15 is 0 Å². The summed E-state index contributed by atoms with van der Waals surface area (Å²) in [4.78, 5) is 24.8. The van der Waals surface area contributed by atoms with E-state index in [9.17, 15) is 9.59 Å². The van der Waals surface area contributed by atoms with E-state index in [0.29, 0.717) is 18.7 Å². The molecule has 5 heteroatoms. The lowest BCUT2D eigenvalue weighted by atomic mass is 10.0. The van der Waals surface area contributed by atoms with Gasteiger partial charge in [-0.3, -0.25) is 9.59 Å². The van der Waals surface area contributed by atoms with Crippen LogP contribution in [0, 0.1) is 5.92 Å². The molecule has 1 fully saturated rings. The predicted molar refractivity (Wildman–Crippen MR) is 78.2 cm³/mol. The lowest BCUT2D eigenvalue weighted by Crippen LogP contribution is -2.40. The largest absolute Gasteiger partial charge is 0.484 e. The number of hydrogen-bond donors (Lipinski definition) is 1. The fraction of sp³-hybridized carbons (Fsp3) is 0.500. The molecule has 0 radical (unpaired) electrons. The molecule has 1 heterocycles. The highest BCUT2D eigenvalue weighted by molar-refractivity contribution is 5.80. The third kappa shape index (κ3) is 3.54. The van der Waals surface area contributed by atoms with Gasteiger partial charge < -0.3 is 14.7 Å². The Bertz CT molecular complexity index is 512. The molecule has 2 unspecified atom stereocenters. The number of aryl methyl sites for hydroxylation is 1. The molecule has 1 aromatic carbocycles. The second-order valence-electron chi connectivity index (χ2n) is 5.35. The third-order valence-electron chi connectivity index (χ3n) is 4.09. The molecule has 0 aromatic heterocycles. The first-order valence-electron chi connectivity index (χ1n) is 7.27. The van der Waals surface area contributed by atoms with Gasteiger partial charge in [-0.1, -0.05) is 19.1 Å². The molecule has 0 saturated carbocycles. The van der Waals surface area contributed by atoms with Crippen LogP contribution >= 0.6 is 0 Å². The van der Waals surface area contributed by atoms with Crippen LogP contribution in [0.3, 0.4) is 0 Å². The van der Waals surface area contributed by atoms with Crippen molar-refractivity contribution in [2.45, 2.75) is 32.7 Å². The minimum absolute atomic E-state index is 0.0534. The van der Waals surface area contributed by atoms with Crippen molar-refractivity contribution in [1.29, 1.82) is 0 Å². The van der Waals surface area contributed by atoms with Crippen LogP contribution in [0.5, 0.6) is 5.75 Å². The zero-order valence-corrected chi connectivity index (χ0v) is 12.4. The highest BCUT2D eigenvalue weighted by atomic mass is 16.5. The number of likely N-dealkylation sites (tertiary alicyclic amines) is 1. The molecule has 1 aliphatic heterocycles. The van der Waals surface area contributed by atoms with Gasteiger partial charge in [0.25, 0.3) is 5.91 Å². The van der Waals surface area contributed by atoms with Crippen molar-refractivity contribution in [2.75, 3.05) is 13.2 Å². The van der Waals surface area contributed by atoms with Crippen molar-refractivity contribution in [2.24, 2.45) is 5.92 Å². The second-order valence-corrected chi connectivity index (χ2v) is 5.35.